The van der Waals surface area contributed by atoms with Crippen molar-refractivity contribution in [1.29, 1.82) is 0 Å². The molecule has 116 valence electrons. The van der Waals surface area contributed by atoms with Gasteiger partial charge in [0.15, 0.2) is 5.78 Å². The number of ether oxygens (including phenoxy) is 3. The lowest BCUT2D eigenvalue weighted by Crippen LogP contribution is -2.27. The molecule has 0 aliphatic heterocycles. The van der Waals surface area contributed by atoms with Crippen molar-refractivity contribution in [3.8, 4) is 0 Å². The van der Waals surface area contributed by atoms with Gasteiger partial charge < -0.3 is 19.5 Å². The summed E-state index contributed by atoms with van der Waals surface area (Å²) in [5.74, 6) is 0.162. The Kier molecular flexibility index (Phi) is 12.2. The Morgan fingerprint density at radius 3 is 2.00 bits per heavy atom. The Bertz CT molecular complexity index is 225. The maximum atomic E-state index is 11.2. The van der Waals surface area contributed by atoms with Crippen LogP contribution in [0.3, 0.4) is 0 Å². The standard InChI is InChI=1S/C14H29NO4.H2/c1-12(2)14(16)11-19-10-9-18-8-7-17-6-5-15-13(3)4;/h12-13,15H,5-11H2,1-4H3;1H. The van der Waals surface area contributed by atoms with Gasteiger partial charge in [0.1, 0.15) is 6.61 Å². The zero-order valence-corrected chi connectivity index (χ0v) is 12.7. The van der Waals surface area contributed by atoms with Crippen molar-refractivity contribution in [2.24, 2.45) is 5.92 Å². The number of carbonyl (C=O) groups is 1. The van der Waals surface area contributed by atoms with Gasteiger partial charge in [-0.25, -0.2) is 0 Å². The summed E-state index contributed by atoms with van der Waals surface area (Å²) in [5, 5.41) is 3.27. The van der Waals surface area contributed by atoms with Gasteiger partial charge in [0, 0.05) is 19.9 Å². The third-order valence-electron chi connectivity index (χ3n) is 2.43. The largest absolute Gasteiger partial charge is 0.378 e. The van der Waals surface area contributed by atoms with Crippen LogP contribution in [0.25, 0.3) is 0 Å². The molecule has 0 saturated carbocycles. The van der Waals surface area contributed by atoms with Gasteiger partial charge >= 0.3 is 0 Å². The van der Waals surface area contributed by atoms with Gasteiger partial charge in [-0.15, -0.1) is 0 Å². The summed E-state index contributed by atoms with van der Waals surface area (Å²) in [5.41, 5.74) is 0. The van der Waals surface area contributed by atoms with E-state index in [-0.39, 0.29) is 19.7 Å². The number of rotatable bonds is 13. The number of Topliss-reactive ketones (excluding diaryl/α,β-unsaturated/α-hetero) is 1. The molecule has 0 aliphatic rings. The van der Waals surface area contributed by atoms with Gasteiger partial charge in [0.25, 0.3) is 0 Å². The molecule has 0 aromatic rings. The van der Waals surface area contributed by atoms with Crippen molar-refractivity contribution in [3.63, 3.8) is 0 Å². The molecule has 0 rings (SSSR count). The second kappa shape index (κ2) is 12.5. The first kappa shape index (κ1) is 18.5. The topological polar surface area (TPSA) is 56.8 Å². The highest BCUT2D eigenvalue weighted by molar-refractivity contribution is 5.81. The Morgan fingerprint density at radius 1 is 0.947 bits per heavy atom. The molecule has 0 heterocycles. The van der Waals surface area contributed by atoms with Crippen molar-refractivity contribution in [2.75, 3.05) is 46.2 Å². The maximum Gasteiger partial charge on any atom is 0.160 e. The van der Waals surface area contributed by atoms with Gasteiger partial charge in [0.05, 0.1) is 33.0 Å². The lowest BCUT2D eigenvalue weighted by molar-refractivity contribution is -0.127. The fraction of sp³-hybridized carbons (Fsp3) is 0.929. The van der Waals surface area contributed by atoms with Gasteiger partial charge in [-0.3, -0.25) is 4.79 Å². The smallest absolute Gasteiger partial charge is 0.160 e. The van der Waals surface area contributed by atoms with E-state index in [4.69, 9.17) is 14.2 Å². The van der Waals surface area contributed by atoms with E-state index in [2.05, 4.69) is 19.2 Å². The van der Waals surface area contributed by atoms with Crippen LogP contribution in [0, 0.1) is 5.92 Å². The monoisotopic (exact) mass is 277 g/mol. The van der Waals surface area contributed by atoms with Crippen molar-refractivity contribution in [1.82, 2.24) is 5.32 Å². The molecular formula is C14H31NO4. The van der Waals surface area contributed by atoms with E-state index in [0.29, 0.717) is 39.1 Å². The van der Waals surface area contributed by atoms with Crippen LogP contribution in [-0.4, -0.2) is 58.0 Å². The molecule has 0 spiro atoms. The quantitative estimate of drug-likeness (QED) is 0.517. The molecule has 0 aromatic heterocycles. The predicted octanol–water partition coefficient (Wildman–Crippen LogP) is 1.51. The number of ketones is 1. The second-order valence-corrected chi connectivity index (χ2v) is 5.01. The highest BCUT2D eigenvalue weighted by atomic mass is 16.5. The van der Waals surface area contributed by atoms with Crippen molar-refractivity contribution >= 4 is 5.78 Å². The molecule has 0 atom stereocenters. The molecular weight excluding hydrogens is 246 g/mol. The van der Waals surface area contributed by atoms with E-state index in [1.807, 2.05) is 13.8 Å². The minimum atomic E-state index is 0. The Balaban J connectivity index is 0. The Hall–Kier alpha value is -0.490. The third kappa shape index (κ3) is 13.7. The average molecular weight is 277 g/mol. The second-order valence-electron chi connectivity index (χ2n) is 5.01. The molecule has 0 bridgehead atoms. The number of hydrogen-bond donors (Lipinski definition) is 1. The summed E-state index contributed by atoms with van der Waals surface area (Å²) in [6, 6.07) is 0.491. The summed E-state index contributed by atoms with van der Waals surface area (Å²) < 4.78 is 15.9. The van der Waals surface area contributed by atoms with Crippen LogP contribution in [-0.2, 0) is 19.0 Å². The van der Waals surface area contributed by atoms with Gasteiger partial charge in [-0.05, 0) is 0 Å². The fourth-order valence-corrected chi connectivity index (χ4v) is 1.20. The SMILES string of the molecule is CC(C)NCCOCCOCCOCC(=O)C(C)C.[HH]. The minimum Gasteiger partial charge on any atom is -0.378 e. The fourth-order valence-electron chi connectivity index (χ4n) is 1.20. The molecule has 5 nitrogen and oxygen atoms in total. The normalized spacial score (nSPS) is 11.5. The van der Waals surface area contributed by atoms with Crippen molar-refractivity contribution in [2.45, 2.75) is 33.7 Å². The van der Waals surface area contributed by atoms with Crippen molar-refractivity contribution < 1.29 is 20.4 Å². The zero-order chi connectivity index (χ0) is 14.5. The third-order valence-corrected chi connectivity index (χ3v) is 2.43. The first-order valence-electron chi connectivity index (χ1n) is 7.03. The maximum absolute atomic E-state index is 11.2. The molecule has 1 N–H and O–H groups in total. The van der Waals surface area contributed by atoms with Gasteiger partial charge in [-0.1, -0.05) is 27.7 Å². The van der Waals surface area contributed by atoms with E-state index in [1.54, 1.807) is 0 Å². The number of nitrogens with one attached hydrogen (secondary N) is 1. The number of hydrogen-bond acceptors (Lipinski definition) is 5. The van der Waals surface area contributed by atoms with Gasteiger partial charge in [0.2, 0.25) is 0 Å². The molecule has 19 heavy (non-hydrogen) atoms. The zero-order valence-electron chi connectivity index (χ0n) is 12.7. The van der Waals surface area contributed by atoms with E-state index in [1.165, 1.54) is 0 Å². The molecule has 0 amide bonds. The molecule has 0 aromatic carbocycles. The van der Waals surface area contributed by atoms with Crippen molar-refractivity contribution in [3.05, 3.63) is 0 Å². The molecule has 0 radical (unpaired) electrons. The van der Waals surface area contributed by atoms with Gasteiger partial charge in [-0.2, -0.15) is 0 Å². The van der Waals surface area contributed by atoms with Crippen LogP contribution in [0.4, 0.5) is 0 Å². The Morgan fingerprint density at radius 2 is 1.47 bits per heavy atom. The molecule has 0 fully saturated rings. The first-order valence-corrected chi connectivity index (χ1v) is 7.03. The summed E-state index contributed by atoms with van der Waals surface area (Å²) in [7, 11) is 0. The predicted molar refractivity (Wildman–Crippen MR) is 77.6 cm³/mol. The van der Waals surface area contributed by atoms with E-state index in [9.17, 15) is 4.79 Å². The highest BCUT2D eigenvalue weighted by Gasteiger charge is 2.06. The van der Waals surface area contributed by atoms with E-state index < -0.39 is 0 Å². The van der Waals surface area contributed by atoms with Crippen LogP contribution >= 0.6 is 0 Å². The summed E-state index contributed by atoms with van der Waals surface area (Å²) >= 11 is 0. The highest BCUT2D eigenvalue weighted by Crippen LogP contribution is 1.94. The van der Waals surface area contributed by atoms with E-state index in [0.717, 1.165) is 6.54 Å². The summed E-state index contributed by atoms with van der Waals surface area (Å²) in [4.78, 5) is 11.2. The van der Waals surface area contributed by atoms with E-state index >= 15 is 0 Å². The molecule has 0 unspecified atom stereocenters. The van der Waals surface area contributed by atoms with Crippen LogP contribution in [0.1, 0.15) is 29.1 Å². The lowest BCUT2D eigenvalue weighted by atomic mass is 10.1. The number of carbonyl (C=O) groups excluding carboxylic acids is 1. The summed E-state index contributed by atoms with van der Waals surface area (Å²) in [6.45, 7) is 11.8. The van der Waals surface area contributed by atoms with Crippen LogP contribution < -0.4 is 5.32 Å². The minimum absolute atomic E-state index is 0. The van der Waals surface area contributed by atoms with Crippen LogP contribution in [0.2, 0.25) is 0 Å². The lowest BCUT2D eigenvalue weighted by Gasteiger charge is -2.09. The molecule has 0 saturated heterocycles. The van der Waals surface area contributed by atoms with Crippen LogP contribution in [0.5, 0.6) is 0 Å². The summed E-state index contributed by atoms with van der Waals surface area (Å²) in [6.07, 6.45) is 0. The van der Waals surface area contributed by atoms with Crippen LogP contribution in [0.15, 0.2) is 0 Å². The molecule has 5 heteroatoms. The first-order chi connectivity index (χ1) is 9.04. The molecule has 0 aliphatic carbocycles. The Labute approximate surface area is 118 Å². The average Bonchev–Trinajstić information content (AvgIpc) is 2.35.